The molecule has 0 heterocycles. The molecule has 0 aliphatic carbocycles. The van der Waals surface area contributed by atoms with E-state index in [-0.39, 0.29) is 12.8 Å². The lowest BCUT2D eigenvalue weighted by atomic mass is 10.0. The lowest BCUT2D eigenvalue weighted by molar-refractivity contribution is 0.264. The fourth-order valence-electron chi connectivity index (χ4n) is 4.32. The van der Waals surface area contributed by atoms with Crippen molar-refractivity contribution >= 4 is 13.3 Å². The van der Waals surface area contributed by atoms with Gasteiger partial charge in [0.25, 0.3) is 0 Å². The number of hydrogen-bond donors (Lipinski definition) is 2. The second-order valence-corrected chi connectivity index (χ2v) is 11.9. The van der Waals surface area contributed by atoms with Crippen molar-refractivity contribution in [2.45, 2.75) is 123 Å². The third-order valence-electron chi connectivity index (χ3n) is 6.35. The predicted molar refractivity (Wildman–Crippen MR) is 152 cm³/mol. The van der Waals surface area contributed by atoms with E-state index < -0.39 is 7.60 Å². The quantitative estimate of drug-likeness (QED) is 0.0749. The molecule has 1 aromatic carbocycles. The zero-order chi connectivity index (χ0) is 26.3. The van der Waals surface area contributed by atoms with Gasteiger partial charge in [-0.15, -0.1) is 0 Å². The van der Waals surface area contributed by atoms with Crippen molar-refractivity contribution < 1.29 is 23.5 Å². The summed E-state index contributed by atoms with van der Waals surface area (Å²) >= 11 is 0. The van der Waals surface area contributed by atoms with Crippen LogP contribution in [-0.2, 0) is 9.09 Å². The largest absolute Gasteiger partial charge is 0.493 e. The topological polar surface area (TPSA) is 91.0 Å². The van der Waals surface area contributed by atoms with Crippen LogP contribution in [0.25, 0.3) is 0 Å². The number of benzene rings is 1. The first-order valence-corrected chi connectivity index (χ1v) is 16.4. The highest BCUT2D eigenvalue weighted by Gasteiger charge is 2.17. The highest BCUT2D eigenvalue weighted by atomic mass is 31.2. The Bertz CT molecular complexity index is 700. The number of rotatable bonds is 25. The molecule has 210 valence electrons. The third-order valence-corrected chi connectivity index (χ3v) is 7.90. The molecule has 0 bridgehead atoms. The van der Waals surface area contributed by atoms with Crippen molar-refractivity contribution in [1.82, 2.24) is 0 Å². The third kappa shape index (κ3) is 19.0. The van der Waals surface area contributed by atoms with Crippen LogP contribution >= 0.6 is 7.60 Å². The molecule has 36 heavy (non-hydrogen) atoms. The van der Waals surface area contributed by atoms with Gasteiger partial charge in [-0.3, -0.25) is 4.57 Å². The minimum Gasteiger partial charge on any atom is -0.493 e. The Morgan fingerprint density at radius 1 is 0.667 bits per heavy atom. The Hall–Kier alpha value is -1.23. The standard InChI is InChI=1S/C29H54NO5P/c1-3-5-6-7-8-9-10-11-12-13-14-15-16-17-18-19-21-33-28-24-27(30)25-29(26-28)34-22-20-23-36(31,32)35-4-2/h24-26H,3-23,30H2,1-2H3,(H,31,32). The predicted octanol–water partition coefficient (Wildman–Crippen LogP) is 8.90. The maximum Gasteiger partial charge on any atom is 0.328 e. The van der Waals surface area contributed by atoms with Gasteiger partial charge in [0, 0.05) is 23.9 Å². The van der Waals surface area contributed by atoms with E-state index >= 15 is 0 Å². The van der Waals surface area contributed by atoms with Gasteiger partial charge >= 0.3 is 7.60 Å². The summed E-state index contributed by atoms with van der Waals surface area (Å²) < 4.78 is 28.1. The van der Waals surface area contributed by atoms with Gasteiger partial charge < -0.3 is 24.6 Å². The Balaban J connectivity index is 2.00. The van der Waals surface area contributed by atoms with Gasteiger partial charge in [0.2, 0.25) is 0 Å². The summed E-state index contributed by atoms with van der Waals surface area (Å²) in [7, 11) is -3.50. The Morgan fingerprint density at radius 3 is 1.53 bits per heavy atom. The summed E-state index contributed by atoms with van der Waals surface area (Å²) in [5, 5.41) is 0. The number of hydrogen-bond acceptors (Lipinski definition) is 5. The molecule has 1 aromatic rings. The minimum absolute atomic E-state index is 0.0752. The van der Waals surface area contributed by atoms with Gasteiger partial charge in [0.1, 0.15) is 11.5 Å². The molecule has 7 heteroatoms. The highest BCUT2D eigenvalue weighted by molar-refractivity contribution is 7.52. The normalized spacial score (nSPS) is 13.0. The van der Waals surface area contributed by atoms with Gasteiger partial charge in [0.05, 0.1) is 26.0 Å². The van der Waals surface area contributed by atoms with Crippen LogP contribution in [-0.4, -0.2) is 30.9 Å². The van der Waals surface area contributed by atoms with Crippen molar-refractivity contribution in [3.8, 4) is 11.5 Å². The fourth-order valence-corrected chi connectivity index (χ4v) is 5.38. The average Bonchev–Trinajstić information content (AvgIpc) is 2.83. The monoisotopic (exact) mass is 527 g/mol. The molecule has 0 saturated carbocycles. The van der Waals surface area contributed by atoms with Gasteiger partial charge in [-0.1, -0.05) is 103 Å². The molecule has 0 aromatic heterocycles. The molecule has 1 rings (SSSR count). The Kier molecular flexibility index (Phi) is 19.9. The molecule has 0 fully saturated rings. The molecule has 6 nitrogen and oxygen atoms in total. The molecule has 1 atom stereocenters. The van der Waals surface area contributed by atoms with E-state index in [9.17, 15) is 9.46 Å². The number of ether oxygens (including phenoxy) is 2. The number of nitrogen functional groups attached to an aromatic ring is 1. The lowest BCUT2D eigenvalue weighted by Gasteiger charge is -2.13. The molecule has 0 radical (unpaired) electrons. The van der Waals surface area contributed by atoms with E-state index in [1.807, 2.05) is 6.07 Å². The minimum atomic E-state index is -3.50. The van der Waals surface area contributed by atoms with Gasteiger partial charge in [-0.05, 0) is 19.8 Å². The zero-order valence-corrected chi connectivity index (χ0v) is 24.1. The van der Waals surface area contributed by atoms with E-state index in [2.05, 4.69) is 6.92 Å². The van der Waals surface area contributed by atoms with Crippen molar-refractivity contribution in [3.63, 3.8) is 0 Å². The Labute approximate surface area is 221 Å². The summed E-state index contributed by atoms with van der Waals surface area (Å²) in [6.07, 6.45) is 22.1. The van der Waals surface area contributed by atoms with Crippen LogP contribution in [0.15, 0.2) is 18.2 Å². The van der Waals surface area contributed by atoms with Crippen LogP contribution in [0.1, 0.15) is 123 Å². The zero-order valence-electron chi connectivity index (χ0n) is 23.2. The molecule has 1 unspecified atom stereocenters. The van der Waals surface area contributed by atoms with Crippen molar-refractivity contribution in [2.75, 3.05) is 31.7 Å². The van der Waals surface area contributed by atoms with Gasteiger partial charge in [0.15, 0.2) is 0 Å². The number of nitrogens with two attached hydrogens (primary N) is 1. The lowest BCUT2D eigenvalue weighted by Crippen LogP contribution is -2.04. The molecular weight excluding hydrogens is 473 g/mol. The van der Waals surface area contributed by atoms with Crippen LogP contribution in [0.3, 0.4) is 0 Å². The van der Waals surface area contributed by atoms with Gasteiger partial charge in [-0.2, -0.15) is 0 Å². The smallest absolute Gasteiger partial charge is 0.328 e. The fraction of sp³-hybridized carbons (Fsp3) is 0.793. The molecule has 0 saturated heterocycles. The summed E-state index contributed by atoms with van der Waals surface area (Å²) in [6.45, 7) is 5.20. The first-order valence-electron chi connectivity index (χ1n) is 14.6. The van der Waals surface area contributed by atoms with E-state index in [0.29, 0.717) is 36.8 Å². The van der Waals surface area contributed by atoms with Crippen molar-refractivity contribution in [3.05, 3.63) is 18.2 Å². The summed E-state index contributed by atoms with van der Waals surface area (Å²) in [5.41, 5.74) is 6.55. The summed E-state index contributed by atoms with van der Waals surface area (Å²) in [5.74, 6) is 1.31. The first kappa shape index (κ1) is 32.8. The van der Waals surface area contributed by atoms with Crippen molar-refractivity contribution in [1.29, 1.82) is 0 Å². The summed E-state index contributed by atoms with van der Waals surface area (Å²) in [6, 6.07) is 5.36. The SMILES string of the molecule is CCCCCCCCCCCCCCCCCCOc1cc(N)cc(OCCCP(=O)(O)OCC)c1. The number of anilines is 1. The molecular formula is C29H54NO5P. The van der Waals surface area contributed by atoms with Crippen LogP contribution in [0.5, 0.6) is 11.5 Å². The Morgan fingerprint density at radius 2 is 1.08 bits per heavy atom. The highest BCUT2D eigenvalue weighted by Crippen LogP contribution is 2.42. The second-order valence-electron chi connectivity index (χ2n) is 9.87. The maximum atomic E-state index is 11.7. The molecule has 0 spiro atoms. The molecule has 3 N–H and O–H groups in total. The van der Waals surface area contributed by atoms with E-state index in [4.69, 9.17) is 19.7 Å². The second kappa shape index (κ2) is 21.8. The van der Waals surface area contributed by atoms with E-state index in [1.54, 1.807) is 19.1 Å². The molecule has 0 aliphatic rings. The van der Waals surface area contributed by atoms with E-state index in [1.165, 1.54) is 96.3 Å². The van der Waals surface area contributed by atoms with Crippen LogP contribution in [0, 0.1) is 0 Å². The van der Waals surface area contributed by atoms with E-state index in [0.717, 1.165) is 6.42 Å². The number of unbranched alkanes of at least 4 members (excludes halogenated alkanes) is 15. The maximum absolute atomic E-state index is 11.7. The first-order chi connectivity index (χ1) is 17.5. The average molecular weight is 528 g/mol. The molecule has 0 aliphatic heterocycles. The van der Waals surface area contributed by atoms with Gasteiger partial charge in [-0.25, -0.2) is 0 Å². The van der Waals surface area contributed by atoms with Crippen LogP contribution < -0.4 is 15.2 Å². The summed E-state index contributed by atoms with van der Waals surface area (Å²) in [4.78, 5) is 9.61. The molecule has 0 amide bonds. The van der Waals surface area contributed by atoms with Crippen molar-refractivity contribution in [2.24, 2.45) is 0 Å². The van der Waals surface area contributed by atoms with Crippen LogP contribution in [0.2, 0.25) is 0 Å². The van der Waals surface area contributed by atoms with Crippen LogP contribution in [0.4, 0.5) is 5.69 Å².